The van der Waals surface area contributed by atoms with Crippen molar-refractivity contribution in [1.82, 2.24) is 4.98 Å². The van der Waals surface area contributed by atoms with Gasteiger partial charge >= 0.3 is 0 Å². The summed E-state index contributed by atoms with van der Waals surface area (Å²) in [5.41, 5.74) is 1.06. The van der Waals surface area contributed by atoms with Gasteiger partial charge in [0.1, 0.15) is 0 Å². The van der Waals surface area contributed by atoms with Gasteiger partial charge in [0, 0.05) is 11.6 Å². The summed E-state index contributed by atoms with van der Waals surface area (Å²) in [6.07, 6.45) is 3.11. The number of aromatic nitrogens is 1. The van der Waals surface area contributed by atoms with E-state index in [0.717, 1.165) is 11.4 Å². The minimum absolute atomic E-state index is 0.884. The Kier molecular flexibility index (Phi) is 9.04. The number of hydrogen-bond donors (Lipinski definition) is 0. The molecule has 1 heteroatoms. The number of pyridine rings is 1. The molecule has 0 fully saturated rings. The van der Waals surface area contributed by atoms with Crippen LogP contribution in [0.1, 0.15) is 41.0 Å². The Bertz CT molecular complexity index is 328. The van der Waals surface area contributed by atoms with Gasteiger partial charge in [-0.2, -0.15) is 0 Å². The molecule has 0 aliphatic heterocycles. The lowest BCUT2D eigenvalue weighted by atomic mass is 10.2. The molecule has 0 bridgehead atoms. The van der Waals surface area contributed by atoms with Crippen LogP contribution in [0.2, 0.25) is 0 Å². The maximum atomic E-state index is 4.18. The predicted octanol–water partition coefficient (Wildman–Crippen LogP) is 5.31. The van der Waals surface area contributed by atoms with Crippen LogP contribution in [0, 0.1) is 5.92 Å². The first-order valence-electron chi connectivity index (χ1n) is 6.53. The highest BCUT2D eigenvalue weighted by molar-refractivity contribution is 5.77. The number of rotatable bonds is 1. The molecule has 0 N–H and O–H groups in total. The van der Waals surface area contributed by atoms with E-state index in [0.29, 0.717) is 0 Å². The first-order chi connectivity index (χ1) is 8.24. The molecule has 1 aromatic heterocycles. The minimum Gasteiger partial charge on any atom is -0.256 e. The SMILES string of the molecule is CC.CCC(C)C.c1ccc2ncccc2c1. The normalized spacial score (nSPS) is 9.06. The Morgan fingerprint density at radius 2 is 1.53 bits per heavy atom. The average molecular weight is 231 g/mol. The first-order valence-corrected chi connectivity index (χ1v) is 6.53. The highest BCUT2D eigenvalue weighted by atomic mass is 14.6. The van der Waals surface area contributed by atoms with Gasteiger partial charge in [0.15, 0.2) is 0 Å². The van der Waals surface area contributed by atoms with E-state index in [2.05, 4.69) is 37.9 Å². The zero-order chi connectivity index (χ0) is 13.1. The van der Waals surface area contributed by atoms with Crippen molar-refractivity contribution in [2.24, 2.45) is 5.92 Å². The largest absolute Gasteiger partial charge is 0.256 e. The minimum atomic E-state index is 0.884. The number of hydrogen-bond acceptors (Lipinski definition) is 1. The monoisotopic (exact) mass is 231 g/mol. The van der Waals surface area contributed by atoms with Crippen LogP contribution in [0.15, 0.2) is 42.6 Å². The Balaban J connectivity index is 0.000000315. The van der Waals surface area contributed by atoms with E-state index in [1.807, 2.05) is 44.3 Å². The van der Waals surface area contributed by atoms with Crippen molar-refractivity contribution < 1.29 is 0 Å². The van der Waals surface area contributed by atoms with Crippen LogP contribution in [0.5, 0.6) is 0 Å². The van der Waals surface area contributed by atoms with Gasteiger partial charge in [0.05, 0.1) is 5.52 Å². The third kappa shape index (κ3) is 6.72. The summed E-state index contributed by atoms with van der Waals surface area (Å²) in [6.45, 7) is 10.6. The molecule has 0 aliphatic rings. The van der Waals surface area contributed by atoms with Crippen molar-refractivity contribution in [2.75, 3.05) is 0 Å². The lowest BCUT2D eigenvalue weighted by Gasteiger charge is -1.91. The summed E-state index contributed by atoms with van der Waals surface area (Å²) >= 11 is 0. The number of nitrogens with zero attached hydrogens (tertiary/aromatic N) is 1. The molecule has 1 heterocycles. The molecule has 1 aromatic carbocycles. The van der Waals surface area contributed by atoms with Crippen LogP contribution in [0.4, 0.5) is 0 Å². The molecule has 0 atom stereocenters. The molecular formula is C16H25N. The van der Waals surface area contributed by atoms with Gasteiger partial charge in [0.25, 0.3) is 0 Å². The average Bonchev–Trinajstić information content (AvgIpc) is 2.42. The van der Waals surface area contributed by atoms with Gasteiger partial charge in [-0.25, -0.2) is 0 Å². The summed E-state index contributed by atoms with van der Waals surface area (Å²) in [4.78, 5) is 4.18. The molecule has 17 heavy (non-hydrogen) atoms. The zero-order valence-electron chi connectivity index (χ0n) is 11.8. The van der Waals surface area contributed by atoms with E-state index < -0.39 is 0 Å². The van der Waals surface area contributed by atoms with E-state index in [1.165, 1.54) is 11.8 Å². The quantitative estimate of drug-likeness (QED) is 0.648. The number of para-hydroxylation sites is 1. The maximum absolute atomic E-state index is 4.18. The van der Waals surface area contributed by atoms with Gasteiger partial charge in [-0.05, 0) is 18.1 Å². The summed E-state index contributed by atoms with van der Waals surface area (Å²) in [5.74, 6) is 0.884. The Morgan fingerprint density at radius 3 is 2.06 bits per heavy atom. The molecule has 1 nitrogen and oxygen atoms in total. The fourth-order valence-electron chi connectivity index (χ4n) is 1.02. The molecule has 94 valence electrons. The third-order valence-corrected chi connectivity index (χ3v) is 2.33. The molecule has 0 saturated heterocycles. The van der Waals surface area contributed by atoms with Gasteiger partial charge in [-0.3, -0.25) is 4.98 Å². The van der Waals surface area contributed by atoms with Crippen LogP contribution in [-0.2, 0) is 0 Å². The van der Waals surface area contributed by atoms with E-state index in [-0.39, 0.29) is 0 Å². The van der Waals surface area contributed by atoms with Crippen molar-refractivity contribution in [3.63, 3.8) is 0 Å². The second-order valence-corrected chi connectivity index (χ2v) is 4.00. The molecule has 0 radical (unpaired) electrons. The topological polar surface area (TPSA) is 12.9 Å². The van der Waals surface area contributed by atoms with Gasteiger partial charge in [-0.15, -0.1) is 0 Å². The van der Waals surface area contributed by atoms with Crippen molar-refractivity contribution >= 4 is 10.9 Å². The Morgan fingerprint density at radius 1 is 1.00 bits per heavy atom. The molecule has 2 rings (SSSR count). The van der Waals surface area contributed by atoms with Crippen LogP contribution in [-0.4, -0.2) is 4.98 Å². The Hall–Kier alpha value is -1.37. The summed E-state index contributed by atoms with van der Waals surface area (Å²) in [5, 5.41) is 1.20. The predicted molar refractivity (Wildman–Crippen MR) is 78.2 cm³/mol. The van der Waals surface area contributed by atoms with Crippen molar-refractivity contribution in [2.45, 2.75) is 41.0 Å². The third-order valence-electron chi connectivity index (χ3n) is 2.33. The van der Waals surface area contributed by atoms with E-state index in [1.54, 1.807) is 0 Å². The van der Waals surface area contributed by atoms with Gasteiger partial charge in [-0.1, -0.05) is 65.3 Å². The molecule has 0 aliphatic carbocycles. The molecule has 0 amide bonds. The summed E-state index contributed by atoms with van der Waals surface area (Å²) in [6, 6.07) is 12.1. The van der Waals surface area contributed by atoms with E-state index >= 15 is 0 Å². The van der Waals surface area contributed by atoms with Crippen LogP contribution >= 0.6 is 0 Å². The van der Waals surface area contributed by atoms with Crippen LogP contribution in [0.3, 0.4) is 0 Å². The van der Waals surface area contributed by atoms with Crippen LogP contribution in [0.25, 0.3) is 10.9 Å². The molecule has 0 unspecified atom stereocenters. The van der Waals surface area contributed by atoms with Crippen LogP contribution < -0.4 is 0 Å². The van der Waals surface area contributed by atoms with Crippen molar-refractivity contribution in [1.29, 1.82) is 0 Å². The lowest BCUT2D eigenvalue weighted by Crippen LogP contribution is -1.77. The molecular weight excluding hydrogens is 206 g/mol. The fraction of sp³-hybridized carbons (Fsp3) is 0.438. The first kappa shape index (κ1) is 15.6. The summed E-state index contributed by atoms with van der Waals surface area (Å²) in [7, 11) is 0. The molecule has 2 aromatic rings. The standard InChI is InChI=1S/C9H7N.C5H12.C2H6/c1-2-6-9-8(4-1)5-3-7-10-9;1-4-5(2)3;1-2/h1-7H;5H,4H2,1-3H3;1-2H3. The van der Waals surface area contributed by atoms with E-state index in [9.17, 15) is 0 Å². The van der Waals surface area contributed by atoms with Gasteiger partial charge in [0.2, 0.25) is 0 Å². The highest BCUT2D eigenvalue weighted by Gasteiger charge is 1.86. The zero-order valence-corrected chi connectivity index (χ0v) is 11.8. The second kappa shape index (κ2) is 9.83. The fourth-order valence-corrected chi connectivity index (χ4v) is 1.02. The van der Waals surface area contributed by atoms with Crippen molar-refractivity contribution in [3.05, 3.63) is 42.6 Å². The Labute approximate surface area is 106 Å². The van der Waals surface area contributed by atoms with Gasteiger partial charge < -0.3 is 0 Å². The second-order valence-electron chi connectivity index (χ2n) is 4.00. The smallest absolute Gasteiger partial charge is 0.0701 e. The summed E-state index contributed by atoms with van der Waals surface area (Å²) < 4.78 is 0. The lowest BCUT2D eigenvalue weighted by molar-refractivity contribution is 0.626. The highest BCUT2D eigenvalue weighted by Crippen LogP contribution is 2.07. The maximum Gasteiger partial charge on any atom is 0.0701 e. The molecule has 0 spiro atoms. The van der Waals surface area contributed by atoms with Crippen molar-refractivity contribution in [3.8, 4) is 0 Å². The molecule has 0 saturated carbocycles. The number of fused-ring (bicyclic) bond motifs is 1. The number of benzene rings is 1. The van der Waals surface area contributed by atoms with E-state index in [4.69, 9.17) is 0 Å².